The number of carbonyl (C=O) groups is 1. The summed E-state index contributed by atoms with van der Waals surface area (Å²) in [5.41, 5.74) is 5.16. The average Bonchev–Trinajstić information content (AvgIpc) is 2.62. The van der Waals surface area contributed by atoms with E-state index in [0.717, 1.165) is 38.2 Å². The minimum Gasteiger partial charge on any atom is -0.507 e. The van der Waals surface area contributed by atoms with Crippen LogP contribution in [0.2, 0.25) is 0 Å². The number of hydrogen-bond donors (Lipinski definition) is 3. The zero-order valence-electron chi connectivity index (χ0n) is 13.5. The van der Waals surface area contributed by atoms with Crippen molar-refractivity contribution in [2.24, 2.45) is 5.10 Å². The van der Waals surface area contributed by atoms with Crippen molar-refractivity contribution in [3.8, 4) is 5.75 Å². The smallest absolute Gasteiger partial charge is 0.275 e. The molecule has 1 heterocycles. The first-order chi connectivity index (χ1) is 11.7. The van der Waals surface area contributed by atoms with E-state index in [1.165, 1.54) is 16.5 Å². The molecule has 5 nitrogen and oxygen atoms in total. The summed E-state index contributed by atoms with van der Waals surface area (Å²) in [5, 5.41) is 13.9. The number of piperidine rings is 1. The Balaban J connectivity index is 1.50. The number of para-hydroxylation sites is 1. The van der Waals surface area contributed by atoms with Gasteiger partial charge < -0.3 is 10.0 Å². The molecule has 0 aromatic heterocycles. The highest BCUT2D eigenvalue weighted by Crippen LogP contribution is 2.15. The molecule has 1 aliphatic rings. The number of nitrogens with zero attached hydrogens (tertiary/aromatic N) is 1. The fraction of sp³-hybridized carbons (Fsp3) is 0.263. The molecule has 1 fully saturated rings. The third-order valence-corrected chi connectivity index (χ3v) is 4.30. The van der Waals surface area contributed by atoms with Crippen molar-refractivity contribution < 1.29 is 14.8 Å². The van der Waals surface area contributed by atoms with Crippen LogP contribution in [0.5, 0.6) is 5.75 Å². The topological polar surface area (TPSA) is 66.1 Å². The van der Waals surface area contributed by atoms with E-state index >= 15 is 0 Å². The molecule has 24 heavy (non-hydrogen) atoms. The molecule has 1 saturated heterocycles. The molecule has 5 heteroatoms. The molecule has 0 aliphatic carbocycles. The van der Waals surface area contributed by atoms with Gasteiger partial charge in [0.2, 0.25) is 0 Å². The van der Waals surface area contributed by atoms with Crippen molar-refractivity contribution in [1.29, 1.82) is 0 Å². The van der Waals surface area contributed by atoms with Crippen LogP contribution in [0.3, 0.4) is 0 Å². The van der Waals surface area contributed by atoms with E-state index < -0.39 is 0 Å². The molecule has 2 aromatic rings. The quantitative estimate of drug-likeness (QED) is 0.744. The Hall–Kier alpha value is -2.66. The van der Waals surface area contributed by atoms with Gasteiger partial charge in [-0.3, -0.25) is 4.79 Å². The molecule has 0 bridgehead atoms. The normalized spacial score (nSPS) is 17.3. The molecule has 0 atom stereocenters. The van der Waals surface area contributed by atoms with Crippen molar-refractivity contribution in [1.82, 2.24) is 5.43 Å². The Morgan fingerprint density at radius 1 is 1.04 bits per heavy atom. The third-order valence-electron chi connectivity index (χ3n) is 4.30. The van der Waals surface area contributed by atoms with Crippen molar-refractivity contribution in [3.05, 3.63) is 65.7 Å². The van der Waals surface area contributed by atoms with Crippen molar-refractivity contribution in [2.75, 3.05) is 13.1 Å². The van der Waals surface area contributed by atoms with Gasteiger partial charge in [0.25, 0.3) is 5.91 Å². The highest BCUT2D eigenvalue weighted by Gasteiger charge is 2.19. The summed E-state index contributed by atoms with van der Waals surface area (Å²) < 4.78 is 0. The Bertz CT molecular complexity index is 718. The van der Waals surface area contributed by atoms with Crippen molar-refractivity contribution >= 4 is 11.6 Å². The summed E-state index contributed by atoms with van der Waals surface area (Å²) >= 11 is 0. The van der Waals surface area contributed by atoms with Gasteiger partial charge in [0.15, 0.2) is 0 Å². The van der Waals surface area contributed by atoms with Crippen LogP contribution in [0.4, 0.5) is 0 Å². The second kappa shape index (κ2) is 7.75. The predicted molar refractivity (Wildman–Crippen MR) is 93.1 cm³/mol. The number of quaternary nitrogens is 1. The first kappa shape index (κ1) is 16.2. The van der Waals surface area contributed by atoms with Crippen LogP contribution in [0.25, 0.3) is 0 Å². The van der Waals surface area contributed by atoms with E-state index in [2.05, 4.69) is 34.8 Å². The summed E-state index contributed by atoms with van der Waals surface area (Å²) in [6, 6.07) is 17.0. The molecule has 3 N–H and O–H groups in total. The zero-order valence-corrected chi connectivity index (χ0v) is 13.5. The summed E-state index contributed by atoms with van der Waals surface area (Å²) in [6.07, 6.45) is 1.76. The number of likely N-dealkylation sites (tertiary alicyclic amines) is 1. The van der Waals surface area contributed by atoms with Crippen molar-refractivity contribution in [3.63, 3.8) is 0 Å². The Morgan fingerprint density at radius 2 is 1.71 bits per heavy atom. The molecule has 1 amide bonds. The first-order valence-corrected chi connectivity index (χ1v) is 8.23. The molecule has 2 aromatic carbocycles. The summed E-state index contributed by atoms with van der Waals surface area (Å²) in [7, 11) is 0. The predicted octanol–water partition coefficient (Wildman–Crippen LogP) is 1.36. The van der Waals surface area contributed by atoms with E-state index in [4.69, 9.17) is 0 Å². The second-order valence-corrected chi connectivity index (χ2v) is 6.05. The number of benzene rings is 2. The fourth-order valence-corrected chi connectivity index (χ4v) is 2.92. The maximum absolute atomic E-state index is 12.0. The summed E-state index contributed by atoms with van der Waals surface area (Å²) in [5.74, 6) is -0.406. The highest BCUT2D eigenvalue weighted by atomic mass is 16.3. The molecule has 0 saturated carbocycles. The monoisotopic (exact) mass is 324 g/mol. The van der Waals surface area contributed by atoms with Gasteiger partial charge >= 0.3 is 0 Å². The summed E-state index contributed by atoms with van der Waals surface area (Å²) in [4.78, 5) is 13.6. The molecule has 3 rings (SSSR count). The van der Waals surface area contributed by atoms with Crippen LogP contribution in [-0.2, 0) is 6.54 Å². The molecular formula is C19H22N3O2+. The number of phenolic OH excluding ortho intramolecular Hbond substituents is 1. The molecule has 1 aliphatic heterocycles. The zero-order chi connectivity index (χ0) is 16.8. The minimum absolute atomic E-state index is 0.0303. The number of hydrazone groups is 1. The molecule has 124 valence electrons. The number of amides is 1. The molecule has 0 radical (unpaired) electrons. The lowest BCUT2D eigenvalue weighted by Crippen LogP contribution is -3.11. The lowest BCUT2D eigenvalue weighted by Gasteiger charge is -2.24. The third kappa shape index (κ3) is 4.20. The van der Waals surface area contributed by atoms with Gasteiger partial charge in [-0.15, -0.1) is 0 Å². The second-order valence-electron chi connectivity index (χ2n) is 6.05. The molecular weight excluding hydrogens is 302 g/mol. The van der Waals surface area contributed by atoms with Gasteiger partial charge in [0.1, 0.15) is 12.3 Å². The van der Waals surface area contributed by atoms with E-state index in [1.54, 1.807) is 18.2 Å². The number of carbonyl (C=O) groups excluding carboxylic acids is 1. The number of hydrogen-bond acceptors (Lipinski definition) is 3. The SMILES string of the molecule is O=C(NN=C1CC[NH+](Cc2ccccc2)CC1)c1ccccc1O. The average molecular weight is 324 g/mol. The van der Waals surface area contributed by atoms with Crippen LogP contribution < -0.4 is 10.3 Å². The van der Waals surface area contributed by atoms with E-state index in [1.807, 2.05) is 6.07 Å². The molecule has 0 spiro atoms. The van der Waals surface area contributed by atoms with Crippen molar-refractivity contribution in [2.45, 2.75) is 19.4 Å². The van der Waals surface area contributed by atoms with E-state index in [0.29, 0.717) is 0 Å². The number of aromatic hydroxyl groups is 1. The lowest BCUT2D eigenvalue weighted by atomic mass is 10.1. The Kier molecular flexibility index (Phi) is 5.23. The molecule has 0 unspecified atom stereocenters. The fourth-order valence-electron chi connectivity index (χ4n) is 2.92. The minimum atomic E-state index is -0.375. The largest absolute Gasteiger partial charge is 0.507 e. The van der Waals surface area contributed by atoms with Crippen LogP contribution >= 0.6 is 0 Å². The van der Waals surface area contributed by atoms with Gasteiger partial charge in [0.05, 0.1) is 18.7 Å². The first-order valence-electron chi connectivity index (χ1n) is 8.23. The van der Waals surface area contributed by atoms with Gasteiger partial charge in [0, 0.05) is 24.1 Å². The van der Waals surface area contributed by atoms with Gasteiger partial charge in [-0.2, -0.15) is 5.10 Å². The van der Waals surface area contributed by atoms with Gasteiger partial charge in [-0.1, -0.05) is 42.5 Å². The lowest BCUT2D eigenvalue weighted by molar-refractivity contribution is -0.914. The van der Waals surface area contributed by atoms with E-state index in [-0.39, 0.29) is 17.2 Å². The number of rotatable bonds is 4. The number of nitrogens with one attached hydrogen (secondary N) is 2. The Morgan fingerprint density at radius 3 is 2.42 bits per heavy atom. The maximum Gasteiger partial charge on any atom is 0.275 e. The van der Waals surface area contributed by atoms with Crippen LogP contribution in [0.1, 0.15) is 28.8 Å². The summed E-state index contributed by atoms with van der Waals surface area (Å²) in [6.45, 7) is 3.05. The number of phenols is 1. The van der Waals surface area contributed by atoms with Crippen LogP contribution in [-0.4, -0.2) is 29.8 Å². The maximum atomic E-state index is 12.0. The Labute approximate surface area is 141 Å². The van der Waals surface area contributed by atoms with E-state index in [9.17, 15) is 9.90 Å². The van der Waals surface area contributed by atoms with Crippen LogP contribution in [0, 0.1) is 0 Å². The highest BCUT2D eigenvalue weighted by molar-refractivity contribution is 5.97. The standard InChI is InChI=1S/C19H21N3O2/c23-18-9-5-4-8-17(18)19(24)21-20-16-10-12-22(13-11-16)14-15-6-2-1-3-7-15/h1-9,23H,10-14H2,(H,21,24)/p+1. The van der Waals surface area contributed by atoms with Crippen LogP contribution in [0.15, 0.2) is 59.7 Å². The van der Waals surface area contributed by atoms with Gasteiger partial charge in [-0.25, -0.2) is 5.43 Å². The van der Waals surface area contributed by atoms with Gasteiger partial charge in [-0.05, 0) is 12.1 Å².